The zero-order valence-corrected chi connectivity index (χ0v) is 19.2. The van der Waals surface area contributed by atoms with Gasteiger partial charge in [0.15, 0.2) is 11.6 Å². The third-order valence-corrected chi connectivity index (χ3v) is 6.10. The molecule has 0 spiro atoms. The van der Waals surface area contributed by atoms with Crippen molar-refractivity contribution < 1.29 is 8.78 Å². The molecule has 8 heteroatoms. The van der Waals surface area contributed by atoms with Crippen molar-refractivity contribution >= 4 is 28.2 Å². The maximum atomic E-state index is 15.3. The molecule has 0 saturated heterocycles. The van der Waals surface area contributed by atoms with Crippen LogP contribution in [0.5, 0.6) is 0 Å². The number of halogens is 2. The quantitative estimate of drug-likeness (QED) is 0.367. The highest BCUT2D eigenvalue weighted by Crippen LogP contribution is 2.38. The number of rotatable bonds is 1. The topological polar surface area (TPSA) is 70.1 Å². The summed E-state index contributed by atoms with van der Waals surface area (Å²) in [5.41, 5.74) is 2.35. The number of aromatic nitrogens is 4. The standard InChI is InChI=1S/C26H22F2N6/c1-16-31-32-25-30-24(22-21(34(16)25)11-10-19(27)23(22)28)33-14-5-4-8-18-17(7-6-9-20(18)33)12-13-26(2,3)15-29/h6-7,9-11H,4-5,8,14H2,1-3H3. The summed E-state index contributed by atoms with van der Waals surface area (Å²) in [6, 6.07) is 10.6. The Morgan fingerprint density at radius 2 is 1.91 bits per heavy atom. The molecule has 0 saturated carbocycles. The molecule has 0 N–H and O–H groups in total. The summed E-state index contributed by atoms with van der Waals surface area (Å²) in [4.78, 5) is 6.58. The van der Waals surface area contributed by atoms with Crippen molar-refractivity contribution in [3.8, 4) is 17.9 Å². The van der Waals surface area contributed by atoms with Crippen LogP contribution in [0.1, 0.15) is 43.6 Å². The molecular weight excluding hydrogens is 434 g/mol. The Balaban J connectivity index is 1.78. The van der Waals surface area contributed by atoms with Gasteiger partial charge in [-0.25, -0.2) is 8.78 Å². The van der Waals surface area contributed by atoms with Gasteiger partial charge < -0.3 is 4.90 Å². The van der Waals surface area contributed by atoms with Crippen molar-refractivity contribution in [1.82, 2.24) is 19.6 Å². The van der Waals surface area contributed by atoms with Gasteiger partial charge in [-0.15, -0.1) is 10.2 Å². The van der Waals surface area contributed by atoms with E-state index < -0.39 is 17.0 Å². The second-order valence-corrected chi connectivity index (χ2v) is 8.97. The van der Waals surface area contributed by atoms with Gasteiger partial charge in [-0.05, 0) is 69.9 Å². The summed E-state index contributed by atoms with van der Waals surface area (Å²) in [5, 5.41) is 17.7. The maximum absolute atomic E-state index is 15.3. The smallest absolute Gasteiger partial charge is 0.257 e. The first-order chi connectivity index (χ1) is 16.3. The van der Waals surface area contributed by atoms with E-state index in [1.807, 2.05) is 23.1 Å². The number of hydrogen-bond donors (Lipinski definition) is 0. The fraction of sp³-hybridized carbons (Fsp3) is 0.308. The van der Waals surface area contributed by atoms with Crippen molar-refractivity contribution in [2.75, 3.05) is 11.4 Å². The van der Waals surface area contributed by atoms with Gasteiger partial charge in [-0.3, -0.25) is 4.40 Å². The molecule has 34 heavy (non-hydrogen) atoms. The van der Waals surface area contributed by atoms with Crippen LogP contribution in [0, 0.1) is 47.1 Å². The van der Waals surface area contributed by atoms with E-state index in [-0.39, 0.29) is 5.39 Å². The SMILES string of the molecule is Cc1nnc2nc(N3CCCCc4c(C#CC(C)(C)C#N)cccc43)c3c(F)c(F)ccc3n12. The molecule has 0 amide bonds. The largest absolute Gasteiger partial charge is 0.325 e. The van der Waals surface area contributed by atoms with Crippen molar-refractivity contribution in [1.29, 1.82) is 5.26 Å². The molecule has 0 aliphatic carbocycles. The Morgan fingerprint density at radius 1 is 1.09 bits per heavy atom. The molecule has 0 fully saturated rings. The number of aryl methyl sites for hydroxylation is 1. The Hall–Kier alpha value is -4.04. The van der Waals surface area contributed by atoms with Crippen LogP contribution >= 0.6 is 0 Å². The minimum absolute atomic E-state index is 0.0883. The number of anilines is 2. The van der Waals surface area contributed by atoms with Gasteiger partial charge in [0.2, 0.25) is 0 Å². The zero-order chi connectivity index (χ0) is 24.0. The van der Waals surface area contributed by atoms with Gasteiger partial charge in [0.05, 0.1) is 17.0 Å². The molecule has 6 nitrogen and oxygen atoms in total. The number of nitriles is 1. The Labute approximate surface area is 195 Å². The molecule has 0 bridgehead atoms. The molecule has 4 aromatic rings. The summed E-state index contributed by atoms with van der Waals surface area (Å²) >= 11 is 0. The van der Waals surface area contributed by atoms with E-state index in [1.54, 1.807) is 25.2 Å². The number of benzene rings is 2. The Morgan fingerprint density at radius 3 is 2.71 bits per heavy atom. The van der Waals surface area contributed by atoms with E-state index >= 15 is 4.39 Å². The maximum Gasteiger partial charge on any atom is 0.257 e. The normalized spacial score (nSPS) is 13.8. The van der Waals surface area contributed by atoms with E-state index in [9.17, 15) is 9.65 Å². The first-order valence-corrected chi connectivity index (χ1v) is 11.1. The lowest BCUT2D eigenvalue weighted by Gasteiger charge is -2.26. The van der Waals surface area contributed by atoms with Crippen molar-refractivity contribution in [2.24, 2.45) is 5.41 Å². The van der Waals surface area contributed by atoms with E-state index in [1.165, 1.54) is 6.07 Å². The third-order valence-electron chi connectivity index (χ3n) is 6.10. The van der Waals surface area contributed by atoms with Gasteiger partial charge in [0.1, 0.15) is 17.1 Å². The van der Waals surface area contributed by atoms with Crippen LogP contribution in [-0.2, 0) is 6.42 Å². The van der Waals surface area contributed by atoms with Crippen LogP contribution < -0.4 is 4.90 Å². The van der Waals surface area contributed by atoms with Gasteiger partial charge in [0, 0.05) is 17.8 Å². The molecule has 2 aromatic heterocycles. The predicted molar refractivity (Wildman–Crippen MR) is 126 cm³/mol. The second-order valence-electron chi connectivity index (χ2n) is 8.97. The van der Waals surface area contributed by atoms with Crippen LogP contribution in [0.3, 0.4) is 0 Å². The average molecular weight is 457 g/mol. The average Bonchev–Trinajstić information content (AvgIpc) is 3.06. The predicted octanol–water partition coefficient (Wildman–Crippen LogP) is 5.24. The lowest BCUT2D eigenvalue weighted by atomic mass is 9.95. The Bertz CT molecular complexity index is 1550. The van der Waals surface area contributed by atoms with Crippen molar-refractivity contribution in [2.45, 2.75) is 40.0 Å². The molecular formula is C26H22F2N6. The molecule has 170 valence electrons. The number of nitrogens with zero attached hydrogens (tertiary/aromatic N) is 6. The first kappa shape index (κ1) is 21.8. The van der Waals surface area contributed by atoms with E-state index in [0.717, 1.165) is 42.1 Å². The molecule has 2 aromatic carbocycles. The molecule has 1 aliphatic rings. The molecule has 0 unspecified atom stereocenters. The van der Waals surface area contributed by atoms with Crippen molar-refractivity contribution in [3.63, 3.8) is 0 Å². The zero-order valence-electron chi connectivity index (χ0n) is 19.2. The highest BCUT2D eigenvalue weighted by molar-refractivity contribution is 5.94. The summed E-state index contributed by atoms with van der Waals surface area (Å²) in [5.74, 6) is 5.50. The van der Waals surface area contributed by atoms with E-state index in [2.05, 4.69) is 33.1 Å². The van der Waals surface area contributed by atoms with E-state index in [0.29, 0.717) is 29.5 Å². The monoisotopic (exact) mass is 456 g/mol. The van der Waals surface area contributed by atoms with Gasteiger partial charge >= 0.3 is 0 Å². The van der Waals surface area contributed by atoms with Crippen LogP contribution in [0.25, 0.3) is 16.7 Å². The lowest BCUT2D eigenvalue weighted by Crippen LogP contribution is -2.21. The molecule has 1 aliphatic heterocycles. The second kappa shape index (κ2) is 8.07. The van der Waals surface area contributed by atoms with Crippen LogP contribution in [0.4, 0.5) is 20.3 Å². The minimum Gasteiger partial charge on any atom is -0.325 e. The lowest BCUT2D eigenvalue weighted by molar-refractivity contribution is 0.516. The van der Waals surface area contributed by atoms with Crippen LogP contribution in [0.15, 0.2) is 30.3 Å². The Kier molecular flexibility index (Phi) is 5.17. The highest BCUT2D eigenvalue weighted by atomic mass is 19.2. The minimum atomic E-state index is -0.951. The number of hydrogen-bond acceptors (Lipinski definition) is 5. The van der Waals surface area contributed by atoms with Crippen LogP contribution in [0.2, 0.25) is 0 Å². The summed E-state index contributed by atoms with van der Waals surface area (Å²) in [6.07, 6.45) is 2.53. The molecule has 3 heterocycles. The fourth-order valence-electron chi connectivity index (χ4n) is 4.36. The molecule has 0 radical (unpaired) electrons. The summed E-state index contributed by atoms with van der Waals surface area (Å²) < 4.78 is 31.3. The van der Waals surface area contributed by atoms with Gasteiger partial charge in [-0.2, -0.15) is 10.2 Å². The molecule has 5 rings (SSSR count). The van der Waals surface area contributed by atoms with Gasteiger partial charge in [0.25, 0.3) is 5.78 Å². The van der Waals surface area contributed by atoms with Gasteiger partial charge in [-0.1, -0.05) is 17.9 Å². The van der Waals surface area contributed by atoms with Crippen LogP contribution in [-0.4, -0.2) is 26.1 Å². The van der Waals surface area contributed by atoms with Crippen molar-refractivity contribution in [3.05, 3.63) is 58.9 Å². The summed E-state index contributed by atoms with van der Waals surface area (Å²) in [6.45, 7) is 5.88. The highest BCUT2D eigenvalue weighted by Gasteiger charge is 2.26. The first-order valence-electron chi connectivity index (χ1n) is 11.1. The summed E-state index contributed by atoms with van der Waals surface area (Å²) in [7, 11) is 0. The number of fused-ring (bicyclic) bond motifs is 4. The fourth-order valence-corrected chi connectivity index (χ4v) is 4.36. The van der Waals surface area contributed by atoms with E-state index in [4.69, 9.17) is 0 Å². The molecule has 0 atom stereocenters. The third kappa shape index (κ3) is 3.52.